The smallest absolute Gasteiger partial charge is 0.146 e. The van der Waals surface area contributed by atoms with Crippen LogP contribution in [0.15, 0.2) is 34.9 Å². The summed E-state index contributed by atoms with van der Waals surface area (Å²) in [7, 11) is 0. The maximum Gasteiger partial charge on any atom is 0.146 e. The third-order valence-corrected chi connectivity index (χ3v) is 1.95. The number of anilines is 1. The number of nitrogens with two attached hydrogens (primary N) is 1. The standard InChI is InChI=1S/C10H11N3O/c11-10-6-4-8(12-13-10)3-5-9-2-1-7-14-9/h1-2,4,6-7H,3,5H2,(H2,11,13). The van der Waals surface area contributed by atoms with E-state index in [9.17, 15) is 0 Å². The quantitative estimate of drug-likeness (QED) is 0.793. The molecule has 2 rings (SSSR count). The Bertz CT molecular complexity index is 380. The fourth-order valence-corrected chi connectivity index (χ4v) is 1.21. The van der Waals surface area contributed by atoms with E-state index < -0.39 is 0 Å². The summed E-state index contributed by atoms with van der Waals surface area (Å²) in [4.78, 5) is 0. The van der Waals surface area contributed by atoms with E-state index in [1.54, 1.807) is 12.3 Å². The molecule has 0 amide bonds. The molecule has 2 aromatic rings. The molecule has 0 fully saturated rings. The second kappa shape index (κ2) is 3.91. The summed E-state index contributed by atoms with van der Waals surface area (Å²) >= 11 is 0. The fourth-order valence-electron chi connectivity index (χ4n) is 1.21. The molecule has 14 heavy (non-hydrogen) atoms. The van der Waals surface area contributed by atoms with E-state index >= 15 is 0 Å². The van der Waals surface area contributed by atoms with Crippen LogP contribution in [0.1, 0.15) is 11.5 Å². The van der Waals surface area contributed by atoms with E-state index in [-0.39, 0.29) is 0 Å². The molecule has 0 unspecified atom stereocenters. The zero-order chi connectivity index (χ0) is 9.80. The largest absolute Gasteiger partial charge is 0.469 e. The molecule has 0 aliphatic heterocycles. The predicted molar refractivity (Wildman–Crippen MR) is 52.6 cm³/mol. The summed E-state index contributed by atoms with van der Waals surface area (Å²) in [5.41, 5.74) is 6.35. The molecule has 0 radical (unpaired) electrons. The van der Waals surface area contributed by atoms with Crippen LogP contribution >= 0.6 is 0 Å². The number of hydrogen-bond donors (Lipinski definition) is 1. The molecule has 0 atom stereocenters. The minimum absolute atomic E-state index is 0.451. The Labute approximate surface area is 81.8 Å². The Morgan fingerprint density at radius 3 is 2.71 bits per heavy atom. The lowest BCUT2D eigenvalue weighted by Gasteiger charge is -1.97. The summed E-state index contributed by atoms with van der Waals surface area (Å²) in [5, 5.41) is 7.74. The average Bonchev–Trinajstić information content (AvgIpc) is 2.70. The van der Waals surface area contributed by atoms with Gasteiger partial charge in [-0.2, -0.15) is 5.10 Å². The maximum atomic E-state index is 5.43. The highest BCUT2D eigenvalue weighted by atomic mass is 16.3. The third kappa shape index (κ3) is 2.10. The average molecular weight is 189 g/mol. The van der Waals surface area contributed by atoms with Gasteiger partial charge in [-0.25, -0.2) is 0 Å². The molecule has 0 saturated heterocycles. The third-order valence-electron chi connectivity index (χ3n) is 1.95. The number of aromatic nitrogens is 2. The number of aryl methyl sites for hydroxylation is 2. The van der Waals surface area contributed by atoms with Crippen LogP contribution in [0.25, 0.3) is 0 Å². The van der Waals surface area contributed by atoms with Crippen LogP contribution in [0.2, 0.25) is 0 Å². The molecule has 4 heteroatoms. The second-order valence-corrected chi connectivity index (χ2v) is 3.03. The zero-order valence-electron chi connectivity index (χ0n) is 7.68. The van der Waals surface area contributed by atoms with Gasteiger partial charge in [0.2, 0.25) is 0 Å². The Kier molecular flexibility index (Phi) is 2.44. The monoisotopic (exact) mass is 189 g/mol. The Morgan fingerprint density at radius 2 is 2.07 bits per heavy atom. The van der Waals surface area contributed by atoms with Crippen molar-refractivity contribution >= 4 is 5.82 Å². The number of nitrogen functional groups attached to an aromatic ring is 1. The summed E-state index contributed by atoms with van der Waals surface area (Å²) < 4.78 is 5.21. The fraction of sp³-hybridized carbons (Fsp3) is 0.200. The van der Waals surface area contributed by atoms with Gasteiger partial charge in [-0.3, -0.25) is 0 Å². The van der Waals surface area contributed by atoms with E-state index in [1.807, 2.05) is 18.2 Å². The number of rotatable bonds is 3. The Balaban J connectivity index is 1.95. The lowest BCUT2D eigenvalue weighted by Crippen LogP contribution is -1.98. The first-order valence-electron chi connectivity index (χ1n) is 4.45. The molecule has 2 N–H and O–H groups in total. The molecule has 72 valence electrons. The van der Waals surface area contributed by atoms with Gasteiger partial charge in [0.25, 0.3) is 0 Å². The number of nitrogens with zero attached hydrogens (tertiary/aromatic N) is 2. The number of furan rings is 1. The van der Waals surface area contributed by atoms with E-state index in [1.165, 1.54) is 0 Å². The summed E-state index contributed by atoms with van der Waals surface area (Å²) in [6, 6.07) is 7.46. The van der Waals surface area contributed by atoms with Crippen LogP contribution in [0.3, 0.4) is 0 Å². The van der Waals surface area contributed by atoms with Crippen LogP contribution < -0.4 is 5.73 Å². The van der Waals surface area contributed by atoms with Gasteiger partial charge in [0.15, 0.2) is 0 Å². The SMILES string of the molecule is Nc1ccc(CCc2ccco2)nn1. The molecule has 0 bridgehead atoms. The van der Waals surface area contributed by atoms with Crippen LogP contribution in [0.4, 0.5) is 5.82 Å². The topological polar surface area (TPSA) is 64.9 Å². The molecular formula is C10H11N3O. The molecule has 4 nitrogen and oxygen atoms in total. The van der Waals surface area contributed by atoms with E-state index in [4.69, 9.17) is 10.2 Å². The normalized spacial score (nSPS) is 10.3. The molecule has 0 aliphatic rings. The van der Waals surface area contributed by atoms with Crippen molar-refractivity contribution in [3.63, 3.8) is 0 Å². The number of hydrogen-bond acceptors (Lipinski definition) is 4. The Morgan fingerprint density at radius 1 is 1.14 bits per heavy atom. The van der Waals surface area contributed by atoms with Gasteiger partial charge < -0.3 is 10.2 Å². The van der Waals surface area contributed by atoms with Crippen molar-refractivity contribution in [2.75, 3.05) is 5.73 Å². The van der Waals surface area contributed by atoms with Gasteiger partial charge in [0.05, 0.1) is 12.0 Å². The first-order valence-corrected chi connectivity index (χ1v) is 4.45. The van der Waals surface area contributed by atoms with Crippen molar-refractivity contribution in [3.8, 4) is 0 Å². The highest BCUT2D eigenvalue weighted by molar-refractivity contribution is 5.25. The van der Waals surface area contributed by atoms with Gasteiger partial charge in [-0.05, 0) is 30.7 Å². The minimum atomic E-state index is 0.451. The Hall–Kier alpha value is -1.84. The van der Waals surface area contributed by atoms with Gasteiger partial charge in [0.1, 0.15) is 11.6 Å². The highest BCUT2D eigenvalue weighted by Crippen LogP contribution is 2.05. The first-order chi connectivity index (χ1) is 6.84. The predicted octanol–water partition coefficient (Wildman–Crippen LogP) is 1.44. The lowest BCUT2D eigenvalue weighted by molar-refractivity contribution is 0.507. The van der Waals surface area contributed by atoms with Gasteiger partial charge in [-0.1, -0.05) is 0 Å². The summed E-state index contributed by atoms with van der Waals surface area (Å²) in [6.45, 7) is 0. The summed E-state index contributed by atoms with van der Waals surface area (Å²) in [6.07, 6.45) is 3.33. The van der Waals surface area contributed by atoms with E-state index in [0.29, 0.717) is 5.82 Å². The maximum absolute atomic E-state index is 5.43. The minimum Gasteiger partial charge on any atom is -0.469 e. The van der Waals surface area contributed by atoms with Crippen molar-refractivity contribution in [1.29, 1.82) is 0 Å². The van der Waals surface area contributed by atoms with Crippen LogP contribution in [-0.4, -0.2) is 10.2 Å². The van der Waals surface area contributed by atoms with Crippen LogP contribution in [-0.2, 0) is 12.8 Å². The molecule has 0 saturated carbocycles. The van der Waals surface area contributed by atoms with Crippen LogP contribution in [0, 0.1) is 0 Å². The summed E-state index contributed by atoms with van der Waals surface area (Å²) in [5.74, 6) is 1.41. The van der Waals surface area contributed by atoms with Gasteiger partial charge in [-0.15, -0.1) is 5.10 Å². The molecule has 2 aromatic heterocycles. The lowest BCUT2D eigenvalue weighted by atomic mass is 10.2. The second-order valence-electron chi connectivity index (χ2n) is 3.03. The first kappa shape index (κ1) is 8.74. The molecule has 2 heterocycles. The molecule has 0 aromatic carbocycles. The highest BCUT2D eigenvalue weighted by Gasteiger charge is 1.99. The molecule has 0 spiro atoms. The van der Waals surface area contributed by atoms with E-state index in [2.05, 4.69) is 10.2 Å². The molecule has 0 aliphatic carbocycles. The molecular weight excluding hydrogens is 178 g/mol. The van der Waals surface area contributed by atoms with Crippen molar-refractivity contribution in [1.82, 2.24) is 10.2 Å². The van der Waals surface area contributed by atoms with Crippen LogP contribution in [0.5, 0.6) is 0 Å². The zero-order valence-corrected chi connectivity index (χ0v) is 7.68. The van der Waals surface area contributed by atoms with Gasteiger partial charge in [0, 0.05) is 6.42 Å². The van der Waals surface area contributed by atoms with E-state index in [0.717, 1.165) is 24.3 Å². The van der Waals surface area contributed by atoms with Crippen molar-refractivity contribution < 1.29 is 4.42 Å². The van der Waals surface area contributed by atoms with Crippen molar-refractivity contribution in [2.24, 2.45) is 0 Å². The van der Waals surface area contributed by atoms with Gasteiger partial charge >= 0.3 is 0 Å². The van der Waals surface area contributed by atoms with Crippen molar-refractivity contribution in [2.45, 2.75) is 12.8 Å². The van der Waals surface area contributed by atoms with Crippen molar-refractivity contribution in [3.05, 3.63) is 42.0 Å².